The Morgan fingerprint density at radius 3 is 2.79 bits per heavy atom. The quantitative estimate of drug-likeness (QED) is 0.457. The van der Waals surface area contributed by atoms with E-state index in [1.807, 2.05) is 37.3 Å². The van der Waals surface area contributed by atoms with E-state index in [-0.39, 0.29) is 5.78 Å². The van der Waals surface area contributed by atoms with Crippen LogP contribution in [-0.2, 0) is 13.1 Å². The molecule has 2 aliphatic heterocycles. The predicted octanol–water partition coefficient (Wildman–Crippen LogP) is 5.79. The highest BCUT2D eigenvalue weighted by molar-refractivity contribution is 9.10. The van der Waals surface area contributed by atoms with E-state index in [9.17, 15) is 4.79 Å². The largest absolute Gasteiger partial charge is 0.477 e. The molecule has 146 valence electrons. The van der Waals surface area contributed by atoms with Crippen LogP contribution in [0, 0.1) is 6.92 Å². The number of halogens is 1. The van der Waals surface area contributed by atoms with Crippen LogP contribution in [-0.4, -0.2) is 17.4 Å². The molecule has 0 N–H and O–H groups in total. The van der Waals surface area contributed by atoms with E-state index in [1.54, 1.807) is 17.4 Å². The van der Waals surface area contributed by atoms with Gasteiger partial charge in [0.05, 0.1) is 5.56 Å². The summed E-state index contributed by atoms with van der Waals surface area (Å²) < 4.78 is 13.0. The number of hydrogen-bond acceptors (Lipinski definition) is 5. The van der Waals surface area contributed by atoms with Crippen molar-refractivity contribution in [3.63, 3.8) is 0 Å². The fourth-order valence-electron chi connectivity index (χ4n) is 3.73. The van der Waals surface area contributed by atoms with Gasteiger partial charge in [-0.15, -0.1) is 11.3 Å². The summed E-state index contributed by atoms with van der Waals surface area (Å²) in [6, 6.07) is 13.9. The lowest BCUT2D eigenvalue weighted by Gasteiger charge is -2.30. The van der Waals surface area contributed by atoms with Crippen molar-refractivity contribution < 1.29 is 14.3 Å². The molecule has 0 aliphatic carbocycles. The summed E-state index contributed by atoms with van der Waals surface area (Å²) in [6.45, 7) is 4.08. The zero-order chi connectivity index (χ0) is 20.0. The lowest BCUT2D eigenvalue weighted by Crippen LogP contribution is -2.31. The van der Waals surface area contributed by atoms with E-state index in [1.165, 1.54) is 4.88 Å². The summed E-state index contributed by atoms with van der Waals surface area (Å²) in [4.78, 5) is 16.5. The molecule has 6 heteroatoms. The minimum atomic E-state index is -0.0794. The van der Waals surface area contributed by atoms with Gasteiger partial charge in [0.15, 0.2) is 5.76 Å². The predicted molar refractivity (Wildman–Crippen MR) is 117 cm³/mol. The molecule has 0 amide bonds. The van der Waals surface area contributed by atoms with Gasteiger partial charge in [0, 0.05) is 33.6 Å². The number of thiophene rings is 1. The van der Waals surface area contributed by atoms with Crippen molar-refractivity contribution in [1.29, 1.82) is 0 Å². The monoisotopic (exact) mass is 467 g/mol. The molecule has 0 bridgehead atoms. The molecule has 0 unspecified atom stereocenters. The van der Waals surface area contributed by atoms with Crippen molar-refractivity contribution in [2.45, 2.75) is 20.0 Å². The van der Waals surface area contributed by atoms with Crippen molar-refractivity contribution >= 4 is 39.1 Å². The van der Waals surface area contributed by atoms with Gasteiger partial charge in [0.25, 0.3) is 0 Å². The Bertz CT molecular complexity index is 1120. The van der Waals surface area contributed by atoms with Gasteiger partial charge in [-0.2, -0.15) is 0 Å². The van der Waals surface area contributed by atoms with Crippen molar-refractivity contribution in [1.82, 2.24) is 4.90 Å². The highest BCUT2D eigenvalue weighted by Crippen LogP contribution is 2.43. The van der Waals surface area contributed by atoms with Crippen molar-refractivity contribution in [3.05, 3.63) is 85.2 Å². The average molecular weight is 468 g/mol. The van der Waals surface area contributed by atoms with Crippen molar-refractivity contribution in [2.24, 2.45) is 0 Å². The topological polar surface area (TPSA) is 38.8 Å². The first kappa shape index (κ1) is 18.6. The molecule has 0 saturated heterocycles. The van der Waals surface area contributed by atoms with Crippen molar-refractivity contribution in [3.8, 4) is 11.5 Å². The van der Waals surface area contributed by atoms with E-state index in [2.05, 4.69) is 38.3 Å². The van der Waals surface area contributed by atoms with Gasteiger partial charge >= 0.3 is 0 Å². The molecule has 0 saturated carbocycles. The van der Waals surface area contributed by atoms with Gasteiger partial charge < -0.3 is 9.47 Å². The zero-order valence-electron chi connectivity index (χ0n) is 15.8. The molecule has 1 aromatic heterocycles. The van der Waals surface area contributed by atoms with Crippen LogP contribution in [0.25, 0.3) is 6.08 Å². The van der Waals surface area contributed by atoms with Crippen LogP contribution in [0.15, 0.2) is 58.1 Å². The zero-order valence-corrected chi connectivity index (χ0v) is 18.2. The van der Waals surface area contributed by atoms with Crippen LogP contribution in [0.4, 0.5) is 0 Å². The molecule has 0 spiro atoms. The summed E-state index contributed by atoms with van der Waals surface area (Å²) in [5, 5.41) is 2.08. The van der Waals surface area contributed by atoms with Crippen LogP contribution in [0.1, 0.15) is 31.9 Å². The lowest BCUT2D eigenvalue weighted by molar-refractivity contribution is 0.0886. The number of carbonyl (C=O) groups excluding carboxylic acids is 1. The minimum absolute atomic E-state index is 0.0794. The number of carbonyl (C=O) groups is 1. The van der Waals surface area contributed by atoms with Crippen LogP contribution >= 0.6 is 27.3 Å². The molecule has 2 aromatic carbocycles. The van der Waals surface area contributed by atoms with E-state index in [4.69, 9.17) is 9.47 Å². The Labute approximate surface area is 181 Å². The minimum Gasteiger partial charge on any atom is -0.477 e. The molecular formula is C23H18BrNO3S. The second kappa shape index (κ2) is 7.44. The average Bonchev–Trinajstić information content (AvgIpc) is 3.33. The number of ketones is 1. The molecule has 4 nitrogen and oxygen atoms in total. The van der Waals surface area contributed by atoms with Gasteiger partial charge in [-0.1, -0.05) is 34.1 Å². The van der Waals surface area contributed by atoms with E-state index in [0.29, 0.717) is 23.8 Å². The number of hydrogen-bond donors (Lipinski definition) is 0. The number of Topliss-reactive ketones (excluding diaryl/α,β-unsaturated/α-hetero) is 1. The van der Waals surface area contributed by atoms with Gasteiger partial charge in [-0.25, -0.2) is 0 Å². The Morgan fingerprint density at radius 2 is 2.03 bits per heavy atom. The number of benzene rings is 2. The van der Waals surface area contributed by atoms with E-state index >= 15 is 0 Å². The molecule has 0 fully saturated rings. The molecule has 3 aromatic rings. The first-order chi connectivity index (χ1) is 14.1. The maximum atomic E-state index is 13.0. The summed E-state index contributed by atoms with van der Waals surface area (Å²) in [7, 11) is 0. The molecule has 29 heavy (non-hydrogen) atoms. The third kappa shape index (κ3) is 3.52. The van der Waals surface area contributed by atoms with Crippen molar-refractivity contribution in [2.75, 3.05) is 6.73 Å². The Balaban J connectivity index is 1.44. The first-order valence-electron chi connectivity index (χ1n) is 9.32. The molecular weight excluding hydrogens is 450 g/mol. The fraction of sp³-hybridized carbons (Fsp3) is 0.174. The summed E-state index contributed by atoms with van der Waals surface area (Å²) in [5.74, 6) is 1.72. The maximum absolute atomic E-state index is 13.0. The normalized spacial score (nSPS) is 17.0. The molecule has 5 rings (SSSR count). The highest BCUT2D eigenvalue weighted by Gasteiger charge is 2.33. The first-order valence-corrected chi connectivity index (χ1v) is 11.0. The highest BCUT2D eigenvalue weighted by atomic mass is 79.9. The third-order valence-electron chi connectivity index (χ3n) is 5.13. The molecule has 3 heterocycles. The number of nitrogens with zero attached hydrogens (tertiary/aromatic N) is 1. The van der Waals surface area contributed by atoms with Crippen LogP contribution in [0.2, 0.25) is 0 Å². The SMILES string of the molecule is Cc1c2c(cc3c1O/C(=C\c1ccc(Br)cc1)C3=O)CN(Cc1cccs1)CO2. The van der Waals surface area contributed by atoms with Gasteiger partial charge in [-0.05, 0) is 48.2 Å². The Morgan fingerprint density at radius 1 is 1.21 bits per heavy atom. The summed E-state index contributed by atoms with van der Waals surface area (Å²) in [5.41, 5.74) is 3.46. The lowest BCUT2D eigenvalue weighted by atomic mass is 10.00. The van der Waals surface area contributed by atoms with Crippen LogP contribution < -0.4 is 9.47 Å². The Hall–Kier alpha value is -2.41. The molecule has 0 radical (unpaired) electrons. The summed E-state index contributed by atoms with van der Waals surface area (Å²) in [6.07, 6.45) is 1.79. The Kier molecular flexibility index (Phi) is 4.78. The van der Waals surface area contributed by atoms with Gasteiger partial charge in [0.1, 0.15) is 18.2 Å². The fourth-order valence-corrected chi connectivity index (χ4v) is 4.74. The smallest absolute Gasteiger partial charge is 0.231 e. The third-order valence-corrected chi connectivity index (χ3v) is 6.52. The van der Waals surface area contributed by atoms with Gasteiger partial charge in [-0.3, -0.25) is 9.69 Å². The number of allylic oxidation sites excluding steroid dienone is 1. The maximum Gasteiger partial charge on any atom is 0.231 e. The van der Waals surface area contributed by atoms with Crippen LogP contribution in [0.5, 0.6) is 11.5 Å². The second-order valence-corrected chi connectivity index (χ2v) is 9.15. The summed E-state index contributed by atoms with van der Waals surface area (Å²) >= 11 is 5.17. The standard InChI is InChI=1S/C23H18BrNO3S/c1-14-22-16(11-25(13-27-22)12-18-3-2-8-29-18)10-19-21(26)20(28-23(14)19)9-15-4-6-17(24)7-5-15/h2-10H,11-13H2,1H3/b20-9-. The van der Waals surface area contributed by atoms with E-state index in [0.717, 1.165) is 40.0 Å². The van der Waals surface area contributed by atoms with Crippen LogP contribution in [0.3, 0.4) is 0 Å². The number of fused-ring (bicyclic) bond motifs is 2. The van der Waals surface area contributed by atoms with Gasteiger partial charge in [0.2, 0.25) is 5.78 Å². The molecule has 0 atom stereocenters. The number of ether oxygens (including phenoxy) is 2. The second-order valence-electron chi connectivity index (χ2n) is 7.20. The number of rotatable bonds is 3. The van der Waals surface area contributed by atoms with E-state index < -0.39 is 0 Å². The molecule has 2 aliphatic rings.